The summed E-state index contributed by atoms with van der Waals surface area (Å²) >= 11 is 0. The maximum Gasteiger partial charge on any atom is 0.305 e. The van der Waals surface area contributed by atoms with Crippen molar-refractivity contribution in [2.45, 2.75) is 127 Å². The van der Waals surface area contributed by atoms with Crippen molar-refractivity contribution < 1.29 is 63.9 Å². The molecule has 6 N–H and O–H groups in total. The van der Waals surface area contributed by atoms with Crippen molar-refractivity contribution in [2.24, 2.45) is 0 Å². The summed E-state index contributed by atoms with van der Waals surface area (Å²) in [4.78, 5) is 23.8. The summed E-state index contributed by atoms with van der Waals surface area (Å²) in [5, 5.41) is 61.7. The fraction of sp³-hybridized carbons (Fsp3) is 0.917. The first-order chi connectivity index (χ1) is 17.6. The van der Waals surface area contributed by atoms with Crippen molar-refractivity contribution >= 4 is 11.9 Å². The van der Waals surface area contributed by atoms with Crippen LogP contribution in [0, 0.1) is 0 Å². The Bertz CT molecular complexity index is 636. The Kier molecular flexibility index (Phi) is 13.6. The molecule has 0 aliphatic carbocycles. The summed E-state index contributed by atoms with van der Waals surface area (Å²) in [5.74, 6) is -1.03. The molecule has 2 rings (SSSR count). The van der Waals surface area contributed by atoms with Crippen molar-refractivity contribution in [3.8, 4) is 0 Å². The third-order valence-corrected chi connectivity index (χ3v) is 6.39. The average Bonchev–Trinajstić information content (AvgIpc) is 2.88. The fourth-order valence-electron chi connectivity index (χ4n) is 4.00. The van der Waals surface area contributed by atoms with Crippen molar-refractivity contribution in [2.75, 3.05) is 13.2 Å². The second kappa shape index (κ2) is 15.9. The highest BCUT2D eigenvalue weighted by atomic mass is 16.8. The number of rotatable bonds is 14. The number of hydrogen-bond donors (Lipinski definition) is 6. The zero-order chi connectivity index (χ0) is 27.5. The molecule has 37 heavy (non-hydrogen) atoms. The molecule has 2 saturated heterocycles. The summed E-state index contributed by atoms with van der Waals surface area (Å²) < 4.78 is 26.6. The molecule has 0 aromatic rings. The highest BCUT2D eigenvalue weighted by Gasteiger charge is 2.50. The van der Waals surface area contributed by atoms with Gasteiger partial charge in [-0.1, -0.05) is 39.5 Å². The Morgan fingerprint density at radius 1 is 0.595 bits per heavy atom. The minimum absolute atomic E-state index is 0.175. The predicted molar refractivity (Wildman–Crippen MR) is 125 cm³/mol. The topological polar surface area (TPSA) is 202 Å². The SMILES string of the molecule is CCCCCC(=O)OCC1O[C@H](O[C@H]2OC(COC(=O)CCCCC)[C@@H](O)[C@H](O)C2O)C(O)C(O)[C@@H]1O. The highest BCUT2D eigenvalue weighted by Crippen LogP contribution is 2.28. The van der Waals surface area contributed by atoms with E-state index in [-0.39, 0.29) is 12.8 Å². The molecule has 0 saturated carbocycles. The van der Waals surface area contributed by atoms with Crippen molar-refractivity contribution in [1.82, 2.24) is 0 Å². The molecule has 2 fully saturated rings. The number of carbonyl (C=O) groups excluding carboxylic acids is 2. The minimum atomic E-state index is -1.79. The number of carbonyl (C=O) groups is 2. The van der Waals surface area contributed by atoms with E-state index in [1.807, 2.05) is 13.8 Å². The van der Waals surface area contributed by atoms with Crippen LogP contribution in [-0.2, 0) is 33.3 Å². The molecule has 2 aliphatic rings. The van der Waals surface area contributed by atoms with Gasteiger partial charge in [-0.15, -0.1) is 0 Å². The van der Waals surface area contributed by atoms with Crippen molar-refractivity contribution in [3.63, 3.8) is 0 Å². The summed E-state index contributed by atoms with van der Waals surface area (Å²) in [6.45, 7) is 3.12. The number of hydrogen-bond acceptors (Lipinski definition) is 13. The van der Waals surface area contributed by atoms with Gasteiger partial charge in [0.2, 0.25) is 0 Å². The maximum absolute atomic E-state index is 11.9. The first kappa shape index (κ1) is 31.8. The third kappa shape index (κ3) is 9.37. The number of esters is 2. The molecule has 216 valence electrons. The van der Waals surface area contributed by atoms with Gasteiger partial charge in [0, 0.05) is 12.8 Å². The Labute approximate surface area is 216 Å². The number of unbranched alkanes of at least 4 members (excludes halogenated alkanes) is 4. The molecule has 0 aromatic heterocycles. The van der Waals surface area contributed by atoms with E-state index in [0.717, 1.165) is 25.7 Å². The molecule has 13 heteroatoms. The molecule has 2 heterocycles. The molecule has 2 aliphatic heterocycles. The first-order valence-electron chi connectivity index (χ1n) is 13.0. The van der Waals surface area contributed by atoms with E-state index in [0.29, 0.717) is 12.8 Å². The first-order valence-corrected chi connectivity index (χ1v) is 13.0. The van der Waals surface area contributed by atoms with Crippen LogP contribution in [0.2, 0.25) is 0 Å². The van der Waals surface area contributed by atoms with Gasteiger partial charge < -0.3 is 54.3 Å². The molecule has 0 aromatic carbocycles. The Morgan fingerprint density at radius 2 is 0.973 bits per heavy atom. The van der Waals surface area contributed by atoms with Gasteiger partial charge >= 0.3 is 11.9 Å². The molecular weight excluding hydrogens is 496 g/mol. The standard InChI is InChI=1S/C24H42O13/c1-3-5-7-9-15(25)33-11-13-17(27)19(29)21(31)23(35-13)37-24-22(32)20(30)18(28)14(36-24)12-34-16(26)10-8-6-4-2/h13-14,17-24,27-32H,3-12H2,1-2H3/t13?,14?,17-,18-,19+,20?,21?,22?,23-,24-/m1/s1. The van der Waals surface area contributed by atoms with Gasteiger partial charge in [0.25, 0.3) is 0 Å². The largest absolute Gasteiger partial charge is 0.463 e. The van der Waals surface area contributed by atoms with E-state index in [9.17, 15) is 40.2 Å². The van der Waals surface area contributed by atoms with E-state index in [1.54, 1.807) is 0 Å². The van der Waals surface area contributed by atoms with Gasteiger partial charge in [-0.2, -0.15) is 0 Å². The fourth-order valence-corrected chi connectivity index (χ4v) is 4.00. The summed E-state index contributed by atoms with van der Waals surface area (Å²) in [6, 6.07) is 0. The van der Waals surface area contributed by atoms with Crippen LogP contribution in [0.1, 0.15) is 65.2 Å². The Morgan fingerprint density at radius 3 is 1.32 bits per heavy atom. The molecule has 0 bridgehead atoms. The Balaban J connectivity index is 1.96. The van der Waals surface area contributed by atoms with Crippen LogP contribution in [0.25, 0.3) is 0 Å². The van der Waals surface area contributed by atoms with Gasteiger partial charge in [-0.05, 0) is 12.8 Å². The van der Waals surface area contributed by atoms with Crippen LogP contribution in [0.5, 0.6) is 0 Å². The monoisotopic (exact) mass is 538 g/mol. The van der Waals surface area contributed by atoms with Crippen LogP contribution in [0.3, 0.4) is 0 Å². The second-order valence-electron chi connectivity index (χ2n) is 9.45. The van der Waals surface area contributed by atoms with Crippen molar-refractivity contribution in [3.05, 3.63) is 0 Å². The lowest BCUT2D eigenvalue weighted by molar-refractivity contribution is -0.376. The zero-order valence-electron chi connectivity index (χ0n) is 21.4. The van der Waals surface area contributed by atoms with E-state index in [2.05, 4.69) is 0 Å². The number of aliphatic hydroxyl groups excluding tert-OH is 6. The lowest BCUT2D eigenvalue weighted by atomic mass is 9.98. The van der Waals surface area contributed by atoms with Crippen LogP contribution < -0.4 is 0 Å². The summed E-state index contributed by atoms with van der Waals surface area (Å²) in [7, 11) is 0. The van der Waals surface area contributed by atoms with Crippen LogP contribution in [0.15, 0.2) is 0 Å². The summed E-state index contributed by atoms with van der Waals surface area (Å²) in [5.41, 5.74) is 0. The van der Waals surface area contributed by atoms with E-state index < -0.39 is 86.6 Å². The predicted octanol–water partition coefficient (Wildman–Crippen LogP) is -1.13. The molecular formula is C24H42O13. The number of aliphatic hydroxyl groups is 6. The molecule has 0 radical (unpaired) electrons. The smallest absolute Gasteiger partial charge is 0.305 e. The van der Waals surface area contributed by atoms with E-state index in [1.165, 1.54) is 0 Å². The second-order valence-corrected chi connectivity index (χ2v) is 9.45. The molecule has 5 unspecified atom stereocenters. The average molecular weight is 539 g/mol. The van der Waals surface area contributed by atoms with Crippen molar-refractivity contribution in [1.29, 1.82) is 0 Å². The summed E-state index contributed by atoms with van der Waals surface area (Å²) in [6.07, 6.45) is -11.0. The highest BCUT2D eigenvalue weighted by molar-refractivity contribution is 5.69. The van der Waals surface area contributed by atoms with Gasteiger partial charge in [-0.3, -0.25) is 9.59 Å². The van der Waals surface area contributed by atoms with Crippen LogP contribution in [0.4, 0.5) is 0 Å². The quantitative estimate of drug-likeness (QED) is 0.115. The lowest BCUT2D eigenvalue weighted by Crippen LogP contribution is -2.64. The van der Waals surface area contributed by atoms with E-state index in [4.69, 9.17) is 23.7 Å². The normalized spacial score (nSPS) is 36.2. The zero-order valence-corrected chi connectivity index (χ0v) is 21.4. The molecule has 10 atom stereocenters. The van der Waals surface area contributed by atoms with Gasteiger partial charge in [-0.25, -0.2) is 0 Å². The molecule has 13 nitrogen and oxygen atoms in total. The third-order valence-electron chi connectivity index (χ3n) is 6.39. The van der Waals surface area contributed by atoms with Crippen LogP contribution in [-0.4, -0.2) is 117 Å². The molecule has 0 spiro atoms. The number of ether oxygens (including phenoxy) is 5. The maximum atomic E-state index is 11.9. The van der Waals surface area contributed by atoms with Crippen LogP contribution >= 0.6 is 0 Å². The Hall–Kier alpha value is -1.42. The van der Waals surface area contributed by atoms with E-state index >= 15 is 0 Å². The van der Waals surface area contributed by atoms with Gasteiger partial charge in [0.1, 0.15) is 62.0 Å². The lowest BCUT2D eigenvalue weighted by Gasteiger charge is -2.44. The van der Waals surface area contributed by atoms with Gasteiger partial charge in [0.15, 0.2) is 12.6 Å². The van der Waals surface area contributed by atoms with Gasteiger partial charge in [0.05, 0.1) is 0 Å². The minimum Gasteiger partial charge on any atom is -0.463 e. The molecule has 0 amide bonds.